The van der Waals surface area contributed by atoms with Crippen molar-refractivity contribution in [2.75, 3.05) is 5.32 Å². The highest BCUT2D eigenvalue weighted by Crippen LogP contribution is 2.22. The molecule has 3 nitrogen and oxygen atoms in total. The molecule has 0 fully saturated rings. The summed E-state index contributed by atoms with van der Waals surface area (Å²) in [7, 11) is 0. The summed E-state index contributed by atoms with van der Waals surface area (Å²) in [5.41, 5.74) is 0.599. The van der Waals surface area contributed by atoms with E-state index in [2.05, 4.69) is 5.32 Å². The van der Waals surface area contributed by atoms with Gasteiger partial charge in [-0.15, -0.1) is 0 Å². The number of phenolic OH excluding ortho intramolecular Hbond substituents is 1. The number of carbonyl (C=O) groups excluding carboxylic acids is 1. The van der Waals surface area contributed by atoms with Crippen LogP contribution in [-0.2, 0) is 0 Å². The molecule has 2 N–H and O–H groups in total. The van der Waals surface area contributed by atoms with Crippen molar-refractivity contribution in [3.63, 3.8) is 0 Å². The molecule has 5 heteroatoms. The van der Waals surface area contributed by atoms with Crippen LogP contribution < -0.4 is 5.32 Å². The van der Waals surface area contributed by atoms with Crippen LogP contribution in [0.25, 0.3) is 0 Å². The van der Waals surface area contributed by atoms with Crippen molar-refractivity contribution in [2.24, 2.45) is 0 Å². The molecule has 2 rings (SSSR count). The van der Waals surface area contributed by atoms with Gasteiger partial charge in [-0.3, -0.25) is 4.79 Å². The zero-order valence-electron chi connectivity index (χ0n) is 9.15. The van der Waals surface area contributed by atoms with Crippen molar-refractivity contribution in [1.29, 1.82) is 0 Å². The van der Waals surface area contributed by atoms with E-state index < -0.39 is 5.91 Å². The third-order valence-electron chi connectivity index (χ3n) is 2.30. The molecule has 0 unspecified atom stereocenters. The molecular weight excluding hydrogens is 257 g/mol. The van der Waals surface area contributed by atoms with Crippen LogP contribution in [0.2, 0.25) is 5.02 Å². The Morgan fingerprint density at radius 2 is 1.83 bits per heavy atom. The summed E-state index contributed by atoms with van der Waals surface area (Å²) in [5, 5.41) is 12.1. The predicted octanol–water partition coefficient (Wildman–Crippen LogP) is 3.44. The minimum absolute atomic E-state index is 0.0522. The van der Waals surface area contributed by atoms with Gasteiger partial charge < -0.3 is 10.4 Å². The minimum atomic E-state index is -0.470. The quantitative estimate of drug-likeness (QED) is 0.874. The molecule has 0 saturated carbocycles. The van der Waals surface area contributed by atoms with Crippen molar-refractivity contribution in [1.82, 2.24) is 0 Å². The third kappa shape index (κ3) is 2.78. The Hall–Kier alpha value is -2.07. The highest BCUT2D eigenvalue weighted by molar-refractivity contribution is 6.34. The Labute approximate surface area is 108 Å². The standard InChI is InChI=1S/C13H9ClFNO2/c14-12-6-5-10(17)7-11(12)13(18)16-9-3-1-8(15)2-4-9/h1-7,17H,(H,16,18). The van der Waals surface area contributed by atoms with E-state index >= 15 is 0 Å². The molecule has 0 heterocycles. The Bertz CT molecular complexity index is 584. The van der Waals surface area contributed by atoms with Crippen molar-refractivity contribution >= 4 is 23.2 Å². The van der Waals surface area contributed by atoms with E-state index in [0.29, 0.717) is 5.69 Å². The number of carbonyl (C=O) groups is 1. The second kappa shape index (κ2) is 5.06. The molecule has 0 aliphatic carbocycles. The lowest BCUT2D eigenvalue weighted by atomic mass is 10.2. The summed E-state index contributed by atoms with van der Waals surface area (Å²) >= 11 is 5.85. The van der Waals surface area contributed by atoms with Gasteiger partial charge in [0.2, 0.25) is 0 Å². The average Bonchev–Trinajstić information content (AvgIpc) is 2.35. The number of hydrogen-bond donors (Lipinski definition) is 2. The van der Waals surface area contributed by atoms with Crippen LogP contribution in [0.5, 0.6) is 5.75 Å². The zero-order valence-corrected chi connectivity index (χ0v) is 9.91. The molecule has 18 heavy (non-hydrogen) atoms. The SMILES string of the molecule is O=C(Nc1ccc(F)cc1)c1cc(O)ccc1Cl. The normalized spacial score (nSPS) is 10.1. The van der Waals surface area contributed by atoms with Gasteiger partial charge in [0.05, 0.1) is 10.6 Å². The number of anilines is 1. The molecule has 2 aromatic rings. The molecule has 0 aliphatic rings. The minimum Gasteiger partial charge on any atom is -0.508 e. The molecular formula is C13H9ClFNO2. The largest absolute Gasteiger partial charge is 0.508 e. The number of halogens is 2. The van der Waals surface area contributed by atoms with Crippen molar-refractivity contribution in [3.8, 4) is 5.75 Å². The second-order valence-electron chi connectivity index (χ2n) is 3.63. The van der Waals surface area contributed by atoms with E-state index in [0.717, 1.165) is 0 Å². The van der Waals surface area contributed by atoms with Crippen LogP contribution in [-0.4, -0.2) is 11.0 Å². The monoisotopic (exact) mass is 265 g/mol. The van der Waals surface area contributed by atoms with Gasteiger partial charge in [0.1, 0.15) is 11.6 Å². The fourth-order valence-corrected chi connectivity index (χ4v) is 1.62. The first-order chi connectivity index (χ1) is 8.56. The summed E-state index contributed by atoms with van der Waals surface area (Å²) in [4.78, 5) is 11.9. The number of rotatable bonds is 2. The molecule has 0 aromatic heterocycles. The second-order valence-corrected chi connectivity index (χ2v) is 4.03. The lowest BCUT2D eigenvalue weighted by Gasteiger charge is -2.07. The fraction of sp³-hybridized carbons (Fsp3) is 0. The highest BCUT2D eigenvalue weighted by Gasteiger charge is 2.11. The third-order valence-corrected chi connectivity index (χ3v) is 2.63. The van der Waals surface area contributed by atoms with E-state index in [1.165, 1.54) is 42.5 Å². The number of nitrogens with one attached hydrogen (secondary N) is 1. The van der Waals surface area contributed by atoms with E-state index in [9.17, 15) is 14.3 Å². The Morgan fingerprint density at radius 3 is 2.50 bits per heavy atom. The van der Waals surface area contributed by atoms with Crippen LogP contribution in [0.15, 0.2) is 42.5 Å². The van der Waals surface area contributed by atoms with Gasteiger partial charge in [-0.25, -0.2) is 4.39 Å². The number of hydrogen-bond acceptors (Lipinski definition) is 2. The van der Waals surface area contributed by atoms with Crippen molar-refractivity contribution in [3.05, 3.63) is 58.9 Å². The van der Waals surface area contributed by atoms with E-state index in [1.54, 1.807) is 0 Å². The molecule has 92 valence electrons. The molecule has 0 aliphatic heterocycles. The van der Waals surface area contributed by atoms with Crippen LogP contribution in [0.1, 0.15) is 10.4 Å². The van der Waals surface area contributed by atoms with Crippen molar-refractivity contribution < 1.29 is 14.3 Å². The maximum absolute atomic E-state index is 12.7. The van der Waals surface area contributed by atoms with E-state index in [1.807, 2.05) is 0 Å². The first kappa shape index (κ1) is 12.4. The Morgan fingerprint density at radius 1 is 1.17 bits per heavy atom. The first-order valence-electron chi connectivity index (χ1n) is 5.12. The smallest absolute Gasteiger partial charge is 0.257 e. The molecule has 2 aromatic carbocycles. The van der Waals surface area contributed by atoms with E-state index in [4.69, 9.17) is 11.6 Å². The van der Waals surface area contributed by atoms with Crippen LogP contribution in [0, 0.1) is 5.82 Å². The molecule has 0 spiro atoms. The average molecular weight is 266 g/mol. The maximum Gasteiger partial charge on any atom is 0.257 e. The molecule has 0 radical (unpaired) electrons. The number of amides is 1. The Kier molecular flexibility index (Phi) is 3.48. The van der Waals surface area contributed by atoms with Crippen LogP contribution >= 0.6 is 11.6 Å². The van der Waals surface area contributed by atoms with Crippen molar-refractivity contribution in [2.45, 2.75) is 0 Å². The number of phenols is 1. The summed E-state index contributed by atoms with van der Waals surface area (Å²) in [6.07, 6.45) is 0. The fourth-order valence-electron chi connectivity index (χ4n) is 1.42. The summed E-state index contributed by atoms with van der Waals surface area (Å²) in [5.74, 6) is -0.908. The summed E-state index contributed by atoms with van der Waals surface area (Å²) < 4.78 is 12.7. The van der Waals surface area contributed by atoms with Gasteiger partial charge in [-0.2, -0.15) is 0 Å². The zero-order chi connectivity index (χ0) is 13.1. The highest BCUT2D eigenvalue weighted by atomic mass is 35.5. The van der Waals surface area contributed by atoms with Gasteiger partial charge >= 0.3 is 0 Å². The van der Waals surface area contributed by atoms with Crippen LogP contribution in [0.3, 0.4) is 0 Å². The summed E-state index contributed by atoms with van der Waals surface area (Å²) in [6, 6.07) is 9.42. The van der Waals surface area contributed by atoms with Crippen LogP contribution in [0.4, 0.5) is 10.1 Å². The molecule has 0 bridgehead atoms. The van der Waals surface area contributed by atoms with Gasteiger partial charge in [0.25, 0.3) is 5.91 Å². The summed E-state index contributed by atoms with van der Waals surface area (Å²) in [6.45, 7) is 0. The first-order valence-corrected chi connectivity index (χ1v) is 5.49. The van der Waals surface area contributed by atoms with E-state index in [-0.39, 0.29) is 22.2 Å². The Balaban J connectivity index is 2.21. The number of aromatic hydroxyl groups is 1. The van der Waals surface area contributed by atoms with Gasteiger partial charge in [0.15, 0.2) is 0 Å². The molecule has 0 saturated heterocycles. The maximum atomic E-state index is 12.7. The topological polar surface area (TPSA) is 49.3 Å². The molecule has 1 amide bonds. The van der Waals surface area contributed by atoms with Gasteiger partial charge in [-0.05, 0) is 42.5 Å². The number of benzene rings is 2. The molecule has 0 atom stereocenters. The lowest BCUT2D eigenvalue weighted by molar-refractivity contribution is 0.102. The lowest BCUT2D eigenvalue weighted by Crippen LogP contribution is -2.12. The van der Waals surface area contributed by atoms with Gasteiger partial charge in [0, 0.05) is 5.69 Å². The van der Waals surface area contributed by atoms with Gasteiger partial charge in [-0.1, -0.05) is 11.6 Å². The predicted molar refractivity (Wildman–Crippen MR) is 67.5 cm³/mol.